The predicted octanol–water partition coefficient (Wildman–Crippen LogP) is 5.25. The van der Waals surface area contributed by atoms with Crippen LogP contribution in [0.15, 0.2) is 126 Å². The summed E-state index contributed by atoms with van der Waals surface area (Å²) in [5, 5.41) is 11.7. The van der Waals surface area contributed by atoms with Crippen molar-refractivity contribution in [3.05, 3.63) is 127 Å². The van der Waals surface area contributed by atoms with Gasteiger partial charge in [-0.2, -0.15) is 4.68 Å². The number of aromatic nitrogens is 3. The maximum atomic E-state index is 13.0. The largest absolute Gasteiger partial charge is 0.461 e. The van der Waals surface area contributed by atoms with Crippen LogP contribution in [-0.2, 0) is 4.74 Å². The Morgan fingerprint density at radius 3 is 1.64 bits per heavy atom. The van der Waals surface area contributed by atoms with Gasteiger partial charge in [0.05, 0.1) is 19.3 Å². The molecule has 0 bridgehead atoms. The highest BCUT2D eigenvalue weighted by molar-refractivity contribution is 7.87. The fourth-order valence-electron chi connectivity index (χ4n) is 4.13. The summed E-state index contributed by atoms with van der Waals surface area (Å²) in [5.41, 5.74) is 0.847. The summed E-state index contributed by atoms with van der Waals surface area (Å²) >= 11 is 0. The molecule has 0 spiro atoms. The van der Waals surface area contributed by atoms with E-state index in [1.54, 1.807) is 11.6 Å². The van der Waals surface area contributed by atoms with Crippen LogP contribution in [0.5, 0.6) is 0 Å². The number of hydrogen-bond donors (Lipinski definition) is 0. The molecule has 0 amide bonds. The Morgan fingerprint density at radius 2 is 1.19 bits per heavy atom. The molecular formula is C29H25N4O2P. The molecule has 0 saturated heterocycles. The summed E-state index contributed by atoms with van der Waals surface area (Å²) in [5.74, 6) is -0.185. The molecule has 36 heavy (non-hydrogen) atoms. The van der Waals surface area contributed by atoms with Gasteiger partial charge in [0.15, 0.2) is 5.82 Å². The lowest BCUT2D eigenvalue weighted by Gasteiger charge is -2.27. The molecule has 0 aliphatic heterocycles. The molecule has 1 heterocycles. The Labute approximate surface area is 210 Å². The van der Waals surface area contributed by atoms with Crippen molar-refractivity contribution in [2.75, 3.05) is 6.61 Å². The third kappa shape index (κ3) is 4.39. The number of para-hydroxylation sites is 1. The van der Waals surface area contributed by atoms with E-state index < -0.39 is 13.0 Å². The molecule has 1 aromatic heterocycles. The van der Waals surface area contributed by atoms with E-state index in [4.69, 9.17) is 9.48 Å². The van der Waals surface area contributed by atoms with E-state index in [1.165, 1.54) is 0 Å². The lowest BCUT2D eigenvalue weighted by molar-refractivity contribution is 0.0520. The minimum Gasteiger partial charge on any atom is -0.461 e. The summed E-state index contributed by atoms with van der Waals surface area (Å²) in [7, 11) is -2.66. The predicted molar refractivity (Wildman–Crippen MR) is 145 cm³/mol. The molecule has 178 valence electrons. The lowest BCUT2D eigenvalue weighted by Crippen LogP contribution is -2.25. The number of benzene rings is 4. The Bertz CT molecular complexity index is 1400. The van der Waals surface area contributed by atoms with E-state index in [0.29, 0.717) is 5.82 Å². The number of nitrogens with zero attached hydrogens (tertiary/aromatic N) is 4. The minimum atomic E-state index is -2.66. The first-order valence-corrected chi connectivity index (χ1v) is 13.5. The molecule has 0 atom stereocenters. The van der Waals surface area contributed by atoms with E-state index >= 15 is 0 Å². The monoisotopic (exact) mass is 492 g/mol. The summed E-state index contributed by atoms with van der Waals surface area (Å²) in [6, 6.07) is 40.2. The Hall–Kier alpha value is -4.28. The smallest absolute Gasteiger partial charge is 0.362 e. The van der Waals surface area contributed by atoms with Gasteiger partial charge in [-0.15, -0.1) is 5.10 Å². The Morgan fingerprint density at radius 1 is 0.750 bits per heavy atom. The molecule has 0 aliphatic carbocycles. The van der Waals surface area contributed by atoms with Gasteiger partial charge in [-0.05, 0) is 19.1 Å². The number of hydrogen-bond acceptors (Lipinski definition) is 5. The van der Waals surface area contributed by atoms with Crippen LogP contribution in [0, 0.1) is 0 Å². The summed E-state index contributed by atoms with van der Waals surface area (Å²) in [6.45, 7) is 2.00. The van der Waals surface area contributed by atoms with Crippen molar-refractivity contribution in [1.82, 2.24) is 15.0 Å². The number of esters is 1. The highest BCUT2D eigenvalue weighted by Gasteiger charge is 2.31. The van der Waals surface area contributed by atoms with Crippen LogP contribution in [0.4, 0.5) is 5.82 Å². The van der Waals surface area contributed by atoms with Crippen molar-refractivity contribution >= 4 is 34.8 Å². The molecule has 5 aromatic rings. The van der Waals surface area contributed by atoms with Gasteiger partial charge < -0.3 is 4.74 Å². The molecule has 0 fully saturated rings. The quantitative estimate of drug-likeness (QED) is 0.230. The average molecular weight is 493 g/mol. The van der Waals surface area contributed by atoms with Crippen LogP contribution in [0.3, 0.4) is 0 Å². The van der Waals surface area contributed by atoms with Crippen molar-refractivity contribution in [1.29, 1.82) is 0 Å². The molecule has 0 radical (unpaired) electrons. The van der Waals surface area contributed by atoms with Gasteiger partial charge in [0, 0.05) is 15.9 Å². The van der Waals surface area contributed by atoms with Gasteiger partial charge in [-0.3, -0.25) is 0 Å². The second kappa shape index (κ2) is 10.5. The van der Waals surface area contributed by atoms with E-state index in [0.717, 1.165) is 21.6 Å². The second-order valence-electron chi connectivity index (χ2n) is 7.97. The molecule has 0 N–H and O–H groups in total. The summed E-state index contributed by atoms with van der Waals surface area (Å²) in [6.07, 6.45) is 0. The zero-order chi connectivity index (χ0) is 24.8. The first-order valence-electron chi connectivity index (χ1n) is 11.7. The Balaban J connectivity index is 1.93. The maximum absolute atomic E-state index is 13.0. The minimum absolute atomic E-state index is 0.0906. The fraction of sp³-hybridized carbons (Fsp3) is 0.0690. The lowest BCUT2D eigenvalue weighted by atomic mass is 10.3. The van der Waals surface area contributed by atoms with Gasteiger partial charge in [0.25, 0.3) is 0 Å². The van der Waals surface area contributed by atoms with E-state index in [-0.39, 0.29) is 12.3 Å². The van der Waals surface area contributed by atoms with Crippen molar-refractivity contribution in [3.63, 3.8) is 0 Å². The molecule has 0 unspecified atom stereocenters. The number of carbonyl (C=O) groups is 1. The number of carbonyl (C=O) groups excluding carboxylic acids is 1. The van der Waals surface area contributed by atoms with E-state index in [1.807, 2.05) is 84.9 Å². The van der Waals surface area contributed by atoms with Crippen molar-refractivity contribution in [3.8, 4) is 5.69 Å². The zero-order valence-electron chi connectivity index (χ0n) is 19.8. The van der Waals surface area contributed by atoms with Crippen LogP contribution < -0.4 is 15.9 Å². The third-order valence-electron chi connectivity index (χ3n) is 5.75. The molecule has 6 nitrogen and oxygen atoms in total. The standard InChI is InChI=1S/C29H25N4O2P/c1-2-35-29(34)27-28(33(32-30-27)23-15-7-3-8-16-23)31-36(24-17-9-4-10-18-24,25-19-11-5-12-20-25)26-21-13-6-14-22-26/h3-22H,2H2,1H3. The second-order valence-corrected chi connectivity index (χ2v) is 11.0. The molecule has 0 saturated carbocycles. The van der Waals surface area contributed by atoms with Crippen LogP contribution in [-0.4, -0.2) is 27.6 Å². The highest BCUT2D eigenvalue weighted by atomic mass is 31.2. The average Bonchev–Trinajstić information content (AvgIpc) is 3.37. The SMILES string of the molecule is CCOC(=O)c1nnn(-c2ccccc2)c1N=P(c1ccccc1)(c1ccccc1)c1ccccc1. The van der Waals surface area contributed by atoms with Gasteiger partial charge in [-0.25, -0.2) is 9.54 Å². The first kappa shape index (κ1) is 23.5. The van der Waals surface area contributed by atoms with Crippen LogP contribution in [0.2, 0.25) is 0 Å². The molecular weight excluding hydrogens is 467 g/mol. The molecule has 4 aromatic carbocycles. The highest BCUT2D eigenvalue weighted by Crippen LogP contribution is 2.49. The first-order chi connectivity index (χ1) is 17.7. The molecule has 7 heteroatoms. The van der Waals surface area contributed by atoms with Crippen LogP contribution >= 0.6 is 7.05 Å². The maximum Gasteiger partial charge on any atom is 0.362 e. The van der Waals surface area contributed by atoms with Gasteiger partial charge in [0.2, 0.25) is 5.69 Å². The van der Waals surface area contributed by atoms with E-state index in [9.17, 15) is 4.79 Å². The molecule has 5 rings (SSSR count). The van der Waals surface area contributed by atoms with Gasteiger partial charge >= 0.3 is 5.97 Å². The Kier molecular flexibility index (Phi) is 6.87. The van der Waals surface area contributed by atoms with E-state index in [2.05, 4.69) is 46.7 Å². The van der Waals surface area contributed by atoms with Crippen LogP contribution in [0.25, 0.3) is 5.69 Å². The van der Waals surface area contributed by atoms with Crippen LogP contribution in [0.1, 0.15) is 17.4 Å². The summed E-state index contributed by atoms with van der Waals surface area (Å²) in [4.78, 5) is 13.0. The molecule has 0 aliphatic rings. The fourth-order valence-corrected chi connectivity index (χ4v) is 7.65. The van der Waals surface area contributed by atoms with Gasteiger partial charge in [0.1, 0.15) is 0 Å². The zero-order valence-corrected chi connectivity index (χ0v) is 20.7. The normalized spacial score (nSPS) is 11.1. The van der Waals surface area contributed by atoms with Crippen molar-refractivity contribution < 1.29 is 9.53 Å². The number of ether oxygens (including phenoxy) is 1. The van der Waals surface area contributed by atoms with Gasteiger partial charge in [-0.1, -0.05) is 114 Å². The van der Waals surface area contributed by atoms with Crippen molar-refractivity contribution in [2.24, 2.45) is 4.74 Å². The number of rotatable bonds is 7. The third-order valence-corrected chi connectivity index (χ3v) is 9.38. The topological polar surface area (TPSA) is 69.4 Å². The van der Waals surface area contributed by atoms with Crippen molar-refractivity contribution in [2.45, 2.75) is 6.92 Å². The summed E-state index contributed by atoms with van der Waals surface area (Å²) < 4.78 is 12.5.